The van der Waals surface area contributed by atoms with Crippen molar-refractivity contribution in [2.24, 2.45) is 4.99 Å². The van der Waals surface area contributed by atoms with Crippen LogP contribution >= 0.6 is 11.8 Å². The van der Waals surface area contributed by atoms with Gasteiger partial charge in [-0.25, -0.2) is 4.99 Å². The van der Waals surface area contributed by atoms with Crippen molar-refractivity contribution in [1.82, 2.24) is 5.32 Å². The molecule has 5 nitrogen and oxygen atoms in total. The van der Waals surface area contributed by atoms with Crippen LogP contribution in [0.4, 0.5) is 10.5 Å². The average molecular weight is 340 g/mol. The zero-order chi connectivity index (χ0) is 16.9. The summed E-state index contributed by atoms with van der Waals surface area (Å²) >= 11 is 1.05. The van der Waals surface area contributed by atoms with Crippen LogP contribution in [0.2, 0.25) is 0 Å². The number of carbonyl (C=O) groups excluding carboxylic acids is 2. The molecule has 1 atom stereocenters. The van der Waals surface area contributed by atoms with E-state index in [-0.39, 0.29) is 22.9 Å². The van der Waals surface area contributed by atoms with E-state index in [1.165, 1.54) is 7.11 Å². The number of methoxy groups -OCH3 is 1. The van der Waals surface area contributed by atoms with Crippen molar-refractivity contribution in [1.29, 1.82) is 0 Å². The van der Waals surface area contributed by atoms with Crippen LogP contribution in [0, 0.1) is 0 Å². The fourth-order valence-electron chi connectivity index (χ4n) is 2.37. The summed E-state index contributed by atoms with van der Waals surface area (Å²) < 4.78 is 4.66. The number of amidine groups is 1. The first-order valence-corrected chi connectivity index (χ1v) is 8.32. The predicted molar refractivity (Wildman–Crippen MR) is 95.5 cm³/mol. The molecule has 24 heavy (non-hydrogen) atoms. The maximum atomic E-state index is 11.6. The van der Waals surface area contributed by atoms with Gasteiger partial charge in [0.2, 0.25) is 0 Å². The first kappa shape index (κ1) is 16.3. The lowest BCUT2D eigenvalue weighted by atomic mass is 10.1. The second-order valence-corrected chi connectivity index (χ2v) is 6.38. The summed E-state index contributed by atoms with van der Waals surface area (Å²) in [7, 11) is 1.33. The van der Waals surface area contributed by atoms with Gasteiger partial charge in [0.05, 0.1) is 24.5 Å². The Morgan fingerprint density at radius 2 is 1.79 bits per heavy atom. The Morgan fingerprint density at radius 1 is 1.12 bits per heavy atom. The standard InChI is InChI=1S/C18H16N2O3S/c1-23-16(21)11-15-17(20-18(22)24-15)19-14-9-7-13(8-10-14)12-5-3-2-4-6-12/h2-10,15H,11H2,1H3,(H,19,20,22). The zero-order valence-corrected chi connectivity index (χ0v) is 13.9. The summed E-state index contributed by atoms with van der Waals surface area (Å²) in [4.78, 5) is 27.5. The number of hydrogen-bond acceptors (Lipinski definition) is 5. The van der Waals surface area contributed by atoms with Gasteiger partial charge in [-0.2, -0.15) is 0 Å². The van der Waals surface area contributed by atoms with E-state index in [1.54, 1.807) is 0 Å². The lowest BCUT2D eigenvalue weighted by Crippen LogP contribution is -2.26. The molecule has 0 bridgehead atoms. The highest BCUT2D eigenvalue weighted by Crippen LogP contribution is 2.27. The summed E-state index contributed by atoms with van der Waals surface area (Å²) in [6.07, 6.45) is 0.112. The average Bonchev–Trinajstić information content (AvgIpc) is 2.95. The predicted octanol–water partition coefficient (Wildman–Crippen LogP) is 3.77. The van der Waals surface area contributed by atoms with E-state index in [0.29, 0.717) is 5.84 Å². The largest absolute Gasteiger partial charge is 0.469 e. The fraction of sp³-hybridized carbons (Fsp3) is 0.167. The van der Waals surface area contributed by atoms with Gasteiger partial charge >= 0.3 is 5.97 Å². The van der Waals surface area contributed by atoms with Crippen molar-refractivity contribution in [2.75, 3.05) is 7.11 Å². The van der Waals surface area contributed by atoms with E-state index in [1.807, 2.05) is 54.6 Å². The van der Waals surface area contributed by atoms with Crippen LogP contribution in [0.25, 0.3) is 11.1 Å². The molecule has 1 heterocycles. The van der Waals surface area contributed by atoms with Gasteiger partial charge in [0.25, 0.3) is 5.24 Å². The van der Waals surface area contributed by atoms with Crippen molar-refractivity contribution in [2.45, 2.75) is 11.7 Å². The fourth-order valence-corrected chi connectivity index (χ4v) is 3.24. The Kier molecular flexibility index (Phi) is 4.96. The maximum absolute atomic E-state index is 11.6. The molecule has 6 heteroatoms. The first-order chi connectivity index (χ1) is 11.7. The van der Waals surface area contributed by atoms with Crippen molar-refractivity contribution in [3.8, 4) is 11.1 Å². The molecule has 3 rings (SSSR count). The van der Waals surface area contributed by atoms with Crippen LogP contribution in [0.15, 0.2) is 59.6 Å². The molecule has 1 amide bonds. The molecule has 2 aromatic rings. The Bertz CT molecular complexity index is 773. The number of thioether (sulfide) groups is 1. The molecule has 1 aliphatic heterocycles. The number of esters is 1. The second kappa shape index (κ2) is 7.31. The summed E-state index contributed by atoms with van der Waals surface area (Å²) in [5, 5.41) is 2.15. The third-order valence-corrected chi connectivity index (χ3v) is 4.58. The molecule has 1 saturated heterocycles. The molecule has 1 fully saturated rings. The summed E-state index contributed by atoms with van der Waals surface area (Å²) in [6.45, 7) is 0. The zero-order valence-electron chi connectivity index (χ0n) is 13.1. The lowest BCUT2D eigenvalue weighted by Gasteiger charge is -2.07. The van der Waals surface area contributed by atoms with Gasteiger partial charge < -0.3 is 10.1 Å². The van der Waals surface area contributed by atoms with E-state index < -0.39 is 0 Å². The molecule has 122 valence electrons. The summed E-state index contributed by atoms with van der Waals surface area (Å²) in [5.41, 5.74) is 2.95. The molecule has 1 unspecified atom stereocenters. The lowest BCUT2D eigenvalue weighted by molar-refractivity contribution is -0.140. The Morgan fingerprint density at radius 3 is 2.46 bits per heavy atom. The van der Waals surface area contributed by atoms with Gasteiger partial charge in [0, 0.05) is 0 Å². The topological polar surface area (TPSA) is 67.8 Å². The number of benzene rings is 2. The van der Waals surface area contributed by atoms with Crippen molar-refractivity contribution >= 4 is 34.5 Å². The van der Waals surface area contributed by atoms with Crippen molar-refractivity contribution < 1.29 is 14.3 Å². The highest BCUT2D eigenvalue weighted by Gasteiger charge is 2.31. The molecule has 1 aliphatic rings. The van der Waals surface area contributed by atoms with E-state index in [2.05, 4.69) is 15.0 Å². The van der Waals surface area contributed by atoms with Gasteiger partial charge in [0.15, 0.2) is 0 Å². The third kappa shape index (κ3) is 3.83. The summed E-state index contributed by atoms with van der Waals surface area (Å²) in [6, 6.07) is 17.8. The molecule has 0 radical (unpaired) electrons. The van der Waals surface area contributed by atoms with E-state index in [0.717, 1.165) is 28.6 Å². The van der Waals surface area contributed by atoms with Crippen LogP contribution in [0.1, 0.15) is 6.42 Å². The van der Waals surface area contributed by atoms with Crippen LogP contribution in [0.5, 0.6) is 0 Å². The van der Waals surface area contributed by atoms with E-state index >= 15 is 0 Å². The molecule has 2 aromatic carbocycles. The van der Waals surface area contributed by atoms with Gasteiger partial charge in [-0.3, -0.25) is 9.59 Å². The van der Waals surface area contributed by atoms with Gasteiger partial charge in [0.1, 0.15) is 5.84 Å². The van der Waals surface area contributed by atoms with Gasteiger partial charge in [-0.15, -0.1) is 0 Å². The number of nitrogens with one attached hydrogen (secondary N) is 1. The summed E-state index contributed by atoms with van der Waals surface area (Å²) in [5.74, 6) is 0.124. The molecule has 0 aromatic heterocycles. The minimum absolute atomic E-state index is 0.112. The van der Waals surface area contributed by atoms with Gasteiger partial charge in [-0.1, -0.05) is 54.2 Å². The Hall–Kier alpha value is -2.60. The third-order valence-electron chi connectivity index (χ3n) is 3.59. The second-order valence-electron chi connectivity index (χ2n) is 5.21. The van der Waals surface area contributed by atoms with E-state index in [9.17, 15) is 9.59 Å². The minimum Gasteiger partial charge on any atom is -0.469 e. The highest BCUT2D eigenvalue weighted by atomic mass is 32.2. The molecule has 0 spiro atoms. The number of nitrogens with zero attached hydrogens (tertiary/aromatic N) is 1. The monoisotopic (exact) mass is 340 g/mol. The van der Waals surface area contributed by atoms with Gasteiger partial charge in [-0.05, 0) is 23.3 Å². The normalized spacial score (nSPS) is 18.5. The van der Waals surface area contributed by atoms with Crippen molar-refractivity contribution in [3.63, 3.8) is 0 Å². The number of hydrogen-bond donors (Lipinski definition) is 1. The molecular formula is C18H16N2O3S. The van der Waals surface area contributed by atoms with Crippen LogP contribution in [0.3, 0.4) is 0 Å². The smallest absolute Gasteiger partial charge is 0.307 e. The molecule has 0 saturated carbocycles. The molecule has 0 aliphatic carbocycles. The molecule has 1 N–H and O–H groups in total. The number of amides is 1. The SMILES string of the molecule is COC(=O)CC1SC(=O)NC1=Nc1ccc(-c2ccccc2)cc1. The minimum atomic E-state index is -0.365. The maximum Gasteiger partial charge on any atom is 0.307 e. The molecular weight excluding hydrogens is 324 g/mol. The van der Waals surface area contributed by atoms with Crippen LogP contribution in [-0.4, -0.2) is 29.4 Å². The number of ether oxygens (including phenoxy) is 1. The van der Waals surface area contributed by atoms with Crippen molar-refractivity contribution in [3.05, 3.63) is 54.6 Å². The first-order valence-electron chi connectivity index (χ1n) is 7.44. The van der Waals surface area contributed by atoms with Crippen LogP contribution < -0.4 is 5.32 Å². The Balaban J connectivity index is 1.79. The highest BCUT2D eigenvalue weighted by molar-refractivity contribution is 8.15. The number of carbonyl (C=O) groups is 2. The number of aliphatic imine (C=N–C) groups is 1. The van der Waals surface area contributed by atoms with Crippen LogP contribution in [-0.2, 0) is 9.53 Å². The van der Waals surface area contributed by atoms with E-state index in [4.69, 9.17) is 0 Å². The Labute approximate surface area is 144 Å². The quantitative estimate of drug-likeness (QED) is 0.860. The number of rotatable bonds is 4.